The first-order valence-corrected chi connectivity index (χ1v) is 6.68. The summed E-state index contributed by atoms with van der Waals surface area (Å²) in [5.74, 6) is -1.06. The predicted molar refractivity (Wildman–Crippen MR) is 74.9 cm³/mol. The summed E-state index contributed by atoms with van der Waals surface area (Å²) in [4.78, 5) is -0.460. The minimum atomic E-state index is -0.853. The van der Waals surface area contributed by atoms with E-state index in [-0.39, 0.29) is 5.56 Å². The number of hydrogen-bond acceptors (Lipinski definition) is 1. The van der Waals surface area contributed by atoms with Gasteiger partial charge >= 0.3 is 0 Å². The van der Waals surface area contributed by atoms with Gasteiger partial charge in [-0.2, -0.15) is 0 Å². The Morgan fingerprint density at radius 1 is 1.11 bits per heavy atom. The molecule has 0 spiro atoms. The maximum atomic E-state index is 13.8. The zero-order valence-corrected chi connectivity index (χ0v) is 12.2. The molecule has 0 bridgehead atoms. The molecular weight excluding hydrogens is 314 g/mol. The molecule has 100 valence electrons. The number of alkyl halides is 1. The van der Waals surface area contributed by atoms with Crippen molar-refractivity contribution < 1.29 is 13.5 Å². The van der Waals surface area contributed by atoms with Gasteiger partial charge in [0.05, 0.1) is 11.9 Å². The molecule has 0 saturated heterocycles. The van der Waals surface area contributed by atoms with Crippen LogP contribution in [0.3, 0.4) is 0 Å². The van der Waals surface area contributed by atoms with Crippen molar-refractivity contribution in [2.75, 3.05) is 7.11 Å². The highest BCUT2D eigenvalue weighted by Crippen LogP contribution is 2.38. The standard InChI is InChI=1S/C15H13BrF2O/c1-9-6-7-13(19-2)11(8-9)14(16)10-4-3-5-12(17)15(10)18/h3-8,14H,1-2H3. The molecule has 1 unspecified atom stereocenters. The summed E-state index contributed by atoms with van der Waals surface area (Å²) in [6.45, 7) is 1.94. The minimum Gasteiger partial charge on any atom is -0.496 e. The number of aryl methyl sites for hydroxylation is 1. The molecular formula is C15H13BrF2O. The molecule has 0 heterocycles. The molecule has 2 aromatic carbocycles. The lowest BCUT2D eigenvalue weighted by Gasteiger charge is -2.16. The van der Waals surface area contributed by atoms with Crippen molar-refractivity contribution in [1.29, 1.82) is 0 Å². The maximum absolute atomic E-state index is 13.8. The normalized spacial score (nSPS) is 12.3. The van der Waals surface area contributed by atoms with Crippen molar-refractivity contribution in [3.8, 4) is 5.75 Å². The minimum absolute atomic E-state index is 0.254. The van der Waals surface area contributed by atoms with Crippen molar-refractivity contribution in [3.05, 3.63) is 64.7 Å². The average molecular weight is 327 g/mol. The summed E-state index contributed by atoms with van der Waals surface area (Å²) in [7, 11) is 1.55. The van der Waals surface area contributed by atoms with E-state index < -0.39 is 16.5 Å². The number of rotatable bonds is 3. The number of methoxy groups -OCH3 is 1. The molecule has 1 nitrogen and oxygen atoms in total. The number of benzene rings is 2. The van der Waals surface area contributed by atoms with Gasteiger partial charge in [0.25, 0.3) is 0 Å². The molecule has 0 fully saturated rings. The van der Waals surface area contributed by atoms with E-state index in [1.165, 1.54) is 6.07 Å². The fourth-order valence-electron chi connectivity index (χ4n) is 1.94. The maximum Gasteiger partial charge on any atom is 0.163 e. The average Bonchev–Trinajstić information content (AvgIpc) is 2.41. The van der Waals surface area contributed by atoms with Crippen molar-refractivity contribution in [3.63, 3.8) is 0 Å². The van der Waals surface area contributed by atoms with Gasteiger partial charge in [-0.15, -0.1) is 0 Å². The highest BCUT2D eigenvalue weighted by atomic mass is 79.9. The van der Waals surface area contributed by atoms with E-state index in [9.17, 15) is 8.78 Å². The zero-order chi connectivity index (χ0) is 14.0. The third kappa shape index (κ3) is 2.78. The van der Waals surface area contributed by atoms with Crippen LogP contribution in [0.5, 0.6) is 5.75 Å². The summed E-state index contributed by atoms with van der Waals surface area (Å²) in [5, 5.41) is 0. The van der Waals surface area contributed by atoms with Crippen molar-refractivity contribution >= 4 is 15.9 Å². The smallest absolute Gasteiger partial charge is 0.163 e. The van der Waals surface area contributed by atoms with Gasteiger partial charge in [0.2, 0.25) is 0 Å². The van der Waals surface area contributed by atoms with E-state index in [1.807, 2.05) is 25.1 Å². The molecule has 0 N–H and O–H groups in total. The third-order valence-corrected chi connectivity index (χ3v) is 3.90. The van der Waals surface area contributed by atoms with Gasteiger partial charge in [-0.05, 0) is 19.1 Å². The molecule has 0 aliphatic carbocycles. The first-order chi connectivity index (χ1) is 9.04. The van der Waals surface area contributed by atoms with Crippen LogP contribution >= 0.6 is 15.9 Å². The molecule has 0 saturated carbocycles. The van der Waals surface area contributed by atoms with Crippen LogP contribution in [0.15, 0.2) is 36.4 Å². The van der Waals surface area contributed by atoms with Gasteiger partial charge in [-0.25, -0.2) is 8.78 Å². The second-order valence-electron chi connectivity index (χ2n) is 4.25. The van der Waals surface area contributed by atoms with E-state index in [0.717, 1.165) is 17.2 Å². The van der Waals surface area contributed by atoms with Crippen LogP contribution in [-0.2, 0) is 0 Å². The predicted octanol–water partition coefficient (Wildman–Crippen LogP) is 4.77. The Bertz CT molecular complexity index is 599. The highest BCUT2D eigenvalue weighted by molar-refractivity contribution is 9.09. The second kappa shape index (κ2) is 5.70. The van der Waals surface area contributed by atoms with Gasteiger partial charge in [0.15, 0.2) is 11.6 Å². The summed E-state index contributed by atoms with van der Waals surface area (Å²) >= 11 is 3.42. The van der Waals surface area contributed by atoms with E-state index in [0.29, 0.717) is 5.75 Å². The molecule has 0 aliphatic heterocycles. The van der Waals surface area contributed by atoms with Crippen LogP contribution in [0.1, 0.15) is 21.5 Å². The molecule has 0 aromatic heterocycles. The summed E-state index contributed by atoms with van der Waals surface area (Å²) < 4.78 is 32.4. The van der Waals surface area contributed by atoms with Crippen LogP contribution in [0.4, 0.5) is 8.78 Å². The first-order valence-electron chi connectivity index (χ1n) is 5.77. The van der Waals surface area contributed by atoms with Gasteiger partial charge < -0.3 is 4.74 Å². The van der Waals surface area contributed by atoms with E-state index in [2.05, 4.69) is 15.9 Å². The molecule has 0 amide bonds. The molecule has 0 aliphatic rings. The van der Waals surface area contributed by atoms with Gasteiger partial charge in [-0.3, -0.25) is 0 Å². The van der Waals surface area contributed by atoms with Crippen LogP contribution in [0.25, 0.3) is 0 Å². The molecule has 4 heteroatoms. The Balaban J connectivity index is 2.52. The van der Waals surface area contributed by atoms with Gasteiger partial charge in [0.1, 0.15) is 5.75 Å². The summed E-state index contributed by atoms with van der Waals surface area (Å²) in [6, 6.07) is 9.76. The monoisotopic (exact) mass is 326 g/mol. The number of ether oxygens (including phenoxy) is 1. The lowest BCUT2D eigenvalue weighted by atomic mass is 10.0. The number of halogens is 3. The Labute approximate surface area is 119 Å². The summed E-state index contributed by atoms with van der Waals surface area (Å²) in [5.41, 5.74) is 2.05. The summed E-state index contributed by atoms with van der Waals surface area (Å²) in [6.07, 6.45) is 0. The second-order valence-corrected chi connectivity index (χ2v) is 5.17. The highest BCUT2D eigenvalue weighted by Gasteiger charge is 2.20. The largest absolute Gasteiger partial charge is 0.496 e. The topological polar surface area (TPSA) is 9.23 Å². The van der Waals surface area contributed by atoms with E-state index in [1.54, 1.807) is 13.2 Å². The Morgan fingerprint density at radius 3 is 2.53 bits per heavy atom. The van der Waals surface area contributed by atoms with E-state index >= 15 is 0 Å². The number of hydrogen-bond donors (Lipinski definition) is 0. The van der Waals surface area contributed by atoms with Crippen LogP contribution < -0.4 is 4.74 Å². The Kier molecular flexibility index (Phi) is 4.20. The SMILES string of the molecule is COc1ccc(C)cc1C(Br)c1cccc(F)c1F. The van der Waals surface area contributed by atoms with Crippen LogP contribution in [0.2, 0.25) is 0 Å². The van der Waals surface area contributed by atoms with Gasteiger partial charge in [0, 0.05) is 11.1 Å². The molecule has 0 radical (unpaired) electrons. The quantitative estimate of drug-likeness (QED) is 0.738. The Hall–Kier alpha value is -1.42. The molecule has 2 aromatic rings. The van der Waals surface area contributed by atoms with E-state index in [4.69, 9.17) is 4.74 Å². The Morgan fingerprint density at radius 2 is 1.84 bits per heavy atom. The fraction of sp³-hybridized carbons (Fsp3) is 0.200. The van der Waals surface area contributed by atoms with Crippen LogP contribution in [-0.4, -0.2) is 7.11 Å². The van der Waals surface area contributed by atoms with Crippen molar-refractivity contribution in [2.45, 2.75) is 11.8 Å². The molecule has 1 atom stereocenters. The molecule has 19 heavy (non-hydrogen) atoms. The lowest BCUT2D eigenvalue weighted by Crippen LogP contribution is -2.01. The van der Waals surface area contributed by atoms with Crippen molar-refractivity contribution in [1.82, 2.24) is 0 Å². The van der Waals surface area contributed by atoms with Gasteiger partial charge in [-0.1, -0.05) is 45.8 Å². The first kappa shape index (κ1) is 14.0. The van der Waals surface area contributed by atoms with Crippen molar-refractivity contribution in [2.24, 2.45) is 0 Å². The van der Waals surface area contributed by atoms with Crippen LogP contribution in [0, 0.1) is 18.6 Å². The third-order valence-electron chi connectivity index (χ3n) is 2.91. The zero-order valence-electron chi connectivity index (χ0n) is 10.6. The fourth-order valence-corrected chi connectivity index (χ4v) is 2.65. The molecule has 2 rings (SSSR count). The lowest BCUT2D eigenvalue weighted by molar-refractivity contribution is 0.410.